The van der Waals surface area contributed by atoms with Gasteiger partial charge in [-0.15, -0.1) is 11.6 Å². The van der Waals surface area contributed by atoms with E-state index in [9.17, 15) is 4.79 Å². The monoisotopic (exact) mass is 392 g/mol. The van der Waals surface area contributed by atoms with Crippen LogP contribution in [-0.2, 0) is 9.53 Å². The van der Waals surface area contributed by atoms with Gasteiger partial charge in [-0.25, -0.2) is 4.79 Å². The topological polar surface area (TPSA) is 35.5 Å². The van der Waals surface area contributed by atoms with E-state index in [0.717, 1.165) is 30.4 Å². The average molecular weight is 393 g/mol. The number of alkyl halides is 1. The highest BCUT2D eigenvalue weighted by Gasteiger charge is 2.07. The Balaban J connectivity index is 2.12. The van der Waals surface area contributed by atoms with Crippen LogP contribution in [0.3, 0.4) is 0 Å². The van der Waals surface area contributed by atoms with Gasteiger partial charge in [0.15, 0.2) is 0 Å². The molecule has 0 aromatic heterocycles. The summed E-state index contributed by atoms with van der Waals surface area (Å²) in [7, 11) is 0. The largest absolute Gasteiger partial charge is 0.463 e. The molecule has 3 nitrogen and oxygen atoms in total. The number of esters is 1. The Morgan fingerprint density at radius 1 is 1.00 bits per heavy atom. The number of hydrogen-bond acceptors (Lipinski definition) is 3. The van der Waals surface area contributed by atoms with Crippen molar-refractivity contribution < 1.29 is 14.3 Å². The number of unbranched alkanes of at least 4 members (excludes halogenated alkanes) is 1. The second-order valence-corrected chi connectivity index (χ2v) is 6.46. The smallest absolute Gasteiger partial charge is 0.331 e. The summed E-state index contributed by atoms with van der Waals surface area (Å²) in [6.45, 7) is 2.15. The Bertz CT molecular complexity index is 722. The predicted octanol–water partition coefficient (Wildman–Crippen LogP) is 6.49. The zero-order valence-corrected chi connectivity index (χ0v) is 16.2. The molecule has 2 rings (SSSR count). The molecule has 0 radical (unpaired) electrons. The van der Waals surface area contributed by atoms with Gasteiger partial charge in [-0.05, 0) is 73.7 Å². The van der Waals surface area contributed by atoms with E-state index >= 15 is 0 Å². The first-order chi connectivity index (χ1) is 12.6. The van der Waals surface area contributed by atoms with Gasteiger partial charge in [-0.1, -0.05) is 23.7 Å². The fourth-order valence-corrected chi connectivity index (χ4v) is 2.73. The number of carbonyl (C=O) groups excluding carboxylic acids is 1. The second-order valence-electron chi connectivity index (χ2n) is 5.65. The molecule has 0 N–H and O–H groups in total. The van der Waals surface area contributed by atoms with Crippen LogP contribution >= 0.6 is 23.2 Å². The van der Waals surface area contributed by atoms with Crippen molar-refractivity contribution in [3.05, 3.63) is 65.2 Å². The normalized spacial score (nSPS) is 11.3. The van der Waals surface area contributed by atoms with Crippen molar-refractivity contribution in [2.75, 3.05) is 12.5 Å². The average Bonchev–Trinajstić information content (AvgIpc) is 2.64. The van der Waals surface area contributed by atoms with Crippen molar-refractivity contribution in [2.24, 2.45) is 0 Å². The third-order valence-electron chi connectivity index (χ3n) is 3.68. The molecule has 0 amide bonds. The third-order valence-corrected chi connectivity index (χ3v) is 4.20. The third kappa shape index (κ3) is 6.74. The molecule has 0 aliphatic carbocycles. The molecule has 0 heterocycles. The molecule has 0 unspecified atom stereocenters. The van der Waals surface area contributed by atoms with Gasteiger partial charge in [0, 0.05) is 17.0 Å². The van der Waals surface area contributed by atoms with Crippen molar-refractivity contribution in [1.82, 2.24) is 0 Å². The maximum absolute atomic E-state index is 11.8. The Morgan fingerprint density at radius 2 is 1.62 bits per heavy atom. The number of halogens is 2. The Kier molecular flexibility index (Phi) is 8.52. The van der Waals surface area contributed by atoms with Crippen LogP contribution < -0.4 is 4.74 Å². The zero-order chi connectivity index (χ0) is 18.8. The molecule has 0 aliphatic heterocycles. The minimum absolute atomic E-state index is 0.324. The van der Waals surface area contributed by atoms with E-state index in [1.165, 1.54) is 0 Å². The highest BCUT2D eigenvalue weighted by Crippen LogP contribution is 2.27. The van der Waals surface area contributed by atoms with Crippen molar-refractivity contribution in [1.29, 1.82) is 0 Å². The van der Waals surface area contributed by atoms with Crippen LogP contribution in [0.4, 0.5) is 0 Å². The SMILES string of the molecule is CCOC(=O)/C=C(/CCCCCl)c1ccc(Oc2ccc(Cl)cc2)cc1. The van der Waals surface area contributed by atoms with Gasteiger partial charge in [0.1, 0.15) is 11.5 Å². The van der Waals surface area contributed by atoms with E-state index in [1.807, 2.05) is 36.4 Å². The van der Waals surface area contributed by atoms with Crippen molar-refractivity contribution in [2.45, 2.75) is 26.2 Å². The van der Waals surface area contributed by atoms with E-state index in [2.05, 4.69) is 0 Å². The Morgan fingerprint density at radius 3 is 2.19 bits per heavy atom. The van der Waals surface area contributed by atoms with Crippen molar-refractivity contribution >= 4 is 34.7 Å². The fraction of sp³-hybridized carbons (Fsp3) is 0.286. The minimum Gasteiger partial charge on any atom is -0.463 e. The lowest BCUT2D eigenvalue weighted by Crippen LogP contribution is -2.01. The molecule has 0 atom stereocenters. The molecule has 0 spiro atoms. The summed E-state index contributed by atoms with van der Waals surface area (Å²) >= 11 is 11.6. The van der Waals surface area contributed by atoms with Gasteiger partial charge >= 0.3 is 5.97 Å². The second kappa shape index (κ2) is 10.9. The molecule has 0 aliphatic rings. The van der Waals surface area contributed by atoms with Crippen LogP contribution in [0.15, 0.2) is 54.6 Å². The van der Waals surface area contributed by atoms with Crippen molar-refractivity contribution in [3.63, 3.8) is 0 Å². The minimum atomic E-state index is -0.324. The van der Waals surface area contributed by atoms with E-state index in [0.29, 0.717) is 29.0 Å². The van der Waals surface area contributed by atoms with Gasteiger partial charge < -0.3 is 9.47 Å². The zero-order valence-electron chi connectivity index (χ0n) is 14.7. The maximum atomic E-state index is 11.8. The first-order valence-electron chi connectivity index (χ1n) is 8.59. The van der Waals surface area contributed by atoms with E-state index in [1.54, 1.807) is 25.1 Å². The molecule has 26 heavy (non-hydrogen) atoms. The van der Waals surface area contributed by atoms with Crippen LogP contribution in [0, 0.1) is 0 Å². The highest BCUT2D eigenvalue weighted by atomic mass is 35.5. The lowest BCUT2D eigenvalue weighted by molar-refractivity contribution is -0.137. The fourth-order valence-electron chi connectivity index (χ4n) is 2.41. The lowest BCUT2D eigenvalue weighted by atomic mass is 10.00. The summed E-state index contributed by atoms with van der Waals surface area (Å²) in [6, 6.07) is 14.8. The highest BCUT2D eigenvalue weighted by molar-refractivity contribution is 6.30. The van der Waals surface area contributed by atoms with Gasteiger partial charge in [0.2, 0.25) is 0 Å². The number of carbonyl (C=O) groups is 1. The number of rotatable bonds is 9. The Hall–Kier alpha value is -1.97. The summed E-state index contributed by atoms with van der Waals surface area (Å²) in [5, 5.41) is 0.665. The summed E-state index contributed by atoms with van der Waals surface area (Å²) in [5.74, 6) is 1.72. The molecule has 2 aromatic carbocycles. The molecule has 5 heteroatoms. The summed E-state index contributed by atoms with van der Waals surface area (Å²) < 4.78 is 10.8. The van der Waals surface area contributed by atoms with Gasteiger partial charge in [-0.3, -0.25) is 0 Å². The molecular weight excluding hydrogens is 371 g/mol. The molecule has 2 aromatic rings. The lowest BCUT2D eigenvalue weighted by Gasteiger charge is -2.10. The summed E-state index contributed by atoms with van der Waals surface area (Å²) in [4.78, 5) is 11.8. The van der Waals surface area contributed by atoms with Crippen LogP contribution in [0.2, 0.25) is 5.02 Å². The molecular formula is C21H22Cl2O3. The van der Waals surface area contributed by atoms with Crippen LogP contribution in [0.5, 0.6) is 11.5 Å². The molecule has 0 fully saturated rings. The number of allylic oxidation sites excluding steroid dienone is 1. The Labute approximate surface area is 164 Å². The maximum Gasteiger partial charge on any atom is 0.331 e. The number of benzene rings is 2. The molecule has 0 saturated carbocycles. The first-order valence-corrected chi connectivity index (χ1v) is 9.50. The predicted molar refractivity (Wildman–Crippen MR) is 107 cm³/mol. The van der Waals surface area contributed by atoms with Crippen LogP contribution in [-0.4, -0.2) is 18.5 Å². The van der Waals surface area contributed by atoms with Crippen molar-refractivity contribution in [3.8, 4) is 11.5 Å². The standard InChI is InChI=1S/C21H22Cl2O3/c1-2-25-21(24)15-17(5-3-4-14-22)16-6-10-19(11-7-16)26-20-12-8-18(23)9-13-20/h6-13,15H,2-5,14H2,1H3/b17-15-. The van der Waals surface area contributed by atoms with E-state index < -0.39 is 0 Å². The molecule has 0 saturated heterocycles. The van der Waals surface area contributed by atoms with Gasteiger partial charge in [0.25, 0.3) is 0 Å². The summed E-state index contributed by atoms with van der Waals surface area (Å²) in [5.41, 5.74) is 1.91. The van der Waals surface area contributed by atoms with E-state index in [4.69, 9.17) is 32.7 Å². The van der Waals surface area contributed by atoms with E-state index in [-0.39, 0.29) is 5.97 Å². The van der Waals surface area contributed by atoms with Crippen LogP contribution in [0.1, 0.15) is 31.7 Å². The number of ether oxygens (including phenoxy) is 2. The number of hydrogen-bond donors (Lipinski definition) is 0. The first kappa shape index (κ1) is 20.3. The molecule has 138 valence electrons. The molecule has 0 bridgehead atoms. The van der Waals surface area contributed by atoms with Gasteiger partial charge in [-0.2, -0.15) is 0 Å². The quantitative estimate of drug-likeness (QED) is 0.211. The van der Waals surface area contributed by atoms with Gasteiger partial charge in [0.05, 0.1) is 6.61 Å². The summed E-state index contributed by atoms with van der Waals surface area (Å²) in [6.07, 6.45) is 4.15. The van der Waals surface area contributed by atoms with Crippen LogP contribution in [0.25, 0.3) is 5.57 Å².